The molecule has 0 aliphatic carbocycles. The number of hydrogen-bond donors (Lipinski definition) is 1. The van der Waals surface area contributed by atoms with E-state index in [1.807, 2.05) is 0 Å². The van der Waals surface area contributed by atoms with Gasteiger partial charge in [0.05, 0.1) is 6.61 Å². The Morgan fingerprint density at radius 1 is 1.32 bits per heavy atom. The smallest absolute Gasteiger partial charge is 0.0641 e. The van der Waals surface area contributed by atoms with Crippen molar-refractivity contribution < 1.29 is 4.74 Å². The van der Waals surface area contributed by atoms with E-state index in [9.17, 15) is 0 Å². The molecule has 1 aliphatic rings. The Bertz CT molecular complexity index is 391. The van der Waals surface area contributed by atoms with Crippen molar-refractivity contribution in [1.29, 1.82) is 0 Å². The SMILES string of the molecule is COCC(C)(C)N1CC(c2ccccc2)NCC1C. The molecule has 1 heterocycles. The number of hydrogen-bond acceptors (Lipinski definition) is 3. The predicted octanol–water partition coefficient (Wildman–Crippen LogP) is 2.45. The van der Waals surface area contributed by atoms with Crippen molar-refractivity contribution in [3.8, 4) is 0 Å². The molecule has 2 unspecified atom stereocenters. The first kappa shape index (κ1) is 14.5. The van der Waals surface area contributed by atoms with Crippen LogP contribution in [-0.2, 0) is 4.74 Å². The van der Waals surface area contributed by atoms with Gasteiger partial charge in [-0.2, -0.15) is 0 Å². The van der Waals surface area contributed by atoms with Crippen LogP contribution in [0.1, 0.15) is 32.4 Å². The van der Waals surface area contributed by atoms with Gasteiger partial charge in [-0.1, -0.05) is 30.3 Å². The topological polar surface area (TPSA) is 24.5 Å². The summed E-state index contributed by atoms with van der Waals surface area (Å²) in [5.41, 5.74) is 1.44. The fourth-order valence-electron chi connectivity index (χ4n) is 3.05. The molecule has 1 fully saturated rings. The van der Waals surface area contributed by atoms with E-state index in [4.69, 9.17) is 4.74 Å². The highest BCUT2D eigenvalue weighted by Gasteiger charge is 2.35. The molecule has 1 aromatic carbocycles. The van der Waals surface area contributed by atoms with Gasteiger partial charge >= 0.3 is 0 Å². The molecule has 3 nitrogen and oxygen atoms in total. The Hall–Kier alpha value is -0.900. The van der Waals surface area contributed by atoms with E-state index in [-0.39, 0.29) is 5.54 Å². The van der Waals surface area contributed by atoms with Gasteiger partial charge in [-0.25, -0.2) is 0 Å². The molecule has 106 valence electrons. The third kappa shape index (κ3) is 3.35. The highest BCUT2D eigenvalue weighted by atomic mass is 16.5. The van der Waals surface area contributed by atoms with Crippen LogP contribution in [0.4, 0.5) is 0 Å². The minimum absolute atomic E-state index is 0.0727. The average molecular weight is 262 g/mol. The van der Waals surface area contributed by atoms with Crippen LogP contribution in [0.15, 0.2) is 30.3 Å². The second-order valence-corrected chi connectivity index (χ2v) is 6.12. The number of ether oxygens (including phenoxy) is 1. The van der Waals surface area contributed by atoms with Crippen molar-refractivity contribution in [3.63, 3.8) is 0 Å². The summed E-state index contributed by atoms with van der Waals surface area (Å²) in [6, 6.07) is 11.6. The molecule has 0 amide bonds. The lowest BCUT2D eigenvalue weighted by Gasteiger charge is -2.47. The van der Waals surface area contributed by atoms with Crippen LogP contribution in [0.25, 0.3) is 0 Å². The Kier molecular flexibility index (Phi) is 4.61. The van der Waals surface area contributed by atoms with Gasteiger partial charge in [0, 0.05) is 37.8 Å². The van der Waals surface area contributed by atoms with E-state index in [0.29, 0.717) is 12.1 Å². The van der Waals surface area contributed by atoms with Gasteiger partial charge in [-0.3, -0.25) is 4.90 Å². The van der Waals surface area contributed by atoms with Crippen LogP contribution < -0.4 is 5.32 Å². The maximum atomic E-state index is 5.39. The number of methoxy groups -OCH3 is 1. The zero-order valence-electron chi connectivity index (χ0n) is 12.5. The molecule has 0 saturated carbocycles. The third-order valence-corrected chi connectivity index (χ3v) is 4.05. The Morgan fingerprint density at radius 2 is 2.00 bits per heavy atom. The van der Waals surface area contributed by atoms with Gasteiger partial charge in [0.2, 0.25) is 0 Å². The molecule has 1 aliphatic heterocycles. The zero-order valence-corrected chi connectivity index (χ0v) is 12.5. The highest BCUT2D eigenvalue weighted by Crippen LogP contribution is 2.26. The summed E-state index contributed by atoms with van der Waals surface area (Å²) in [6.07, 6.45) is 0. The summed E-state index contributed by atoms with van der Waals surface area (Å²) in [4.78, 5) is 2.56. The summed E-state index contributed by atoms with van der Waals surface area (Å²) < 4.78 is 5.39. The number of nitrogens with zero attached hydrogens (tertiary/aromatic N) is 1. The van der Waals surface area contributed by atoms with E-state index in [0.717, 1.165) is 19.7 Å². The molecule has 2 atom stereocenters. The zero-order chi connectivity index (χ0) is 13.9. The normalized spacial score (nSPS) is 25.5. The van der Waals surface area contributed by atoms with Crippen LogP contribution in [0.2, 0.25) is 0 Å². The molecular formula is C16H26N2O. The van der Waals surface area contributed by atoms with Crippen LogP contribution in [0, 0.1) is 0 Å². The molecular weight excluding hydrogens is 236 g/mol. The summed E-state index contributed by atoms with van der Waals surface area (Å²) in [7, 11) is 1.78. The van der Waals surface area contributed by atoms with Crippen LogP contribution in [-0.4, -0.2) is 43.3 Å². The molecule has 19 heavy (non-hydrogen) atoms. The van der Waals surface area contributed by atoms with Crippen molar-refractivity contribution >= 4 is 0 Å². The first-order valence-electron chi connectivity index (χ1n) is 7.08. The maximum absolute atomic E-state index is 5.39. The van der Waals surface area contributed by atoms with Crippen LogP contribution in [0.5, 0.6) is 0 Å². The van der Waals surface area contributed by atoms with Gasteiger partial charge in [0.15, 0.2) is 0 Å². The fraction of sp³-hybridized carbons (Fsp3) is 0.625. The summed E-state index contributed by atoms with van der Waals surface area (Å²) in [5, 5.41) is 3.65. The second-order valence-electron chi connectivity index (χ2n) is 6.12. The minimum Gasteiger partial charge on any atom is -0.383 e. The van der Waals surface area contributed by atoms with Crippen molar-refractivity contribution in [2.24, 2.45) is 0 Å². The summed E-state index contributed by atoms with van der Waals surface area (Å²) >= 11 is 0. The number of benzene rings is 1. The number of piperazine rings is 1. The average Bonchev–Trinajstić information content (AvgIpc) is 2.40. The monoisotopic (exact) mass is 262 g/mol. The van der Waals surface area contributed by atoms with Gasteiger partial charge in [-0.15, -0.1) is 0 Å². The van der Waals surface area contributed by atoms with Gasteiger partial charge in [0.1, 0.15) is 0 Å². The Morgan fingerprint density at radius 3 is 2.63 bits per heavy atom. The van der Waals surface area contributed by atoms with Gasteiger partial charge < -0.3 is 10.1 Å². The Labute approximate surface area is 116 Å². The standard InChI is InChI=1S/C16H26N2O/c1-13-10-17-15(14-8-6-5-7-9-14)11-18(13)16(2,3)12-19-4/h5-9,13,15,17H,10-12H2,1-4H3. The van der Waals surface area contributed by atoms with E-state index in [2.05, 4.69) is 61.3 Å². The highest BCUT2D eigenvalue weighted by molar-refractivity contribution is 5.20. The molecule has 1 aromatic rings. The van der Waals surface area contributed by atoms with Crippen molar-refractivity contribution in [3.05, 3.63) is 35.9 Å². The van der Waals surface area contributed by atoms with Crippen molar-refractivity contribution in [1.82, 2.24) is 10.2 Å². The molecule has 2 rings (SSSR count). The molecule has 0 aromatic heterocycles. The number of nitrogens with one attached hydrogen (secondary N) is 1. The number of rotatable bonds is 4. The van der Waals surface area contributed by atoms with Crippen molar-refractivity contribution in [2.75, 3.05) is 26.8 Å². The summed E-state index contributed by atoms with van der Waals surface area (Å²) in [6.45, 7) is 9.62. The molecule has 0 spiro atoms. The van der Waals surface area contributed by atoms with Gasteiger partial charge in [-0.05, 0) is 26.3 Å². The van der Waals surface area contributed by atoms with Crippen LogP contribution >= 0.6 is 0 Å². The van der Waals surface area contributed by atoms with E-state index in [1.165, 1.54) is 5.56 Å². The Balaban J connectivity index is 2.12. The molecule has 0 bridgehead atoms. The van der Waals surface area contributed by atoms with Crippen LogP contribution in [0.3, 0.4) is 0 Å². The van der Waals surface area contributed by atoms with E-state index in [1.54, 1.807) is 7.11 Å². The van der Waals surface area contributed by atoms with E-state index >= 15 is 0 Å². The molecule has 1 N–H and O–H groups in total. The fourth-order valence-corrected chi connectivity index (χ4v) is 3.05. The predicted molar refractivity (Wildman–Crippen MR) is 79.3 cm³/mol. The lowest BCUT2D eigenvalue weighted by atomic mass is 9.95. The first-order chi connectivity index (χ1) is 9.04. The molecule has 1 saturated heterocycles. The largest absolute Gasteiger partial charge is 0.383 e. The summed E-state index contributed by atoms with van der Waals surface area (Å²) in [5.74, 6) is 0. The lowest BCUT2D eigenvalue weighted by Crippen LogP contribution is -2.60. The minimum atomic E-state index is 0.0727. The maximum Gasteiger partial charge on any atom is 0.0641 e. The van der Waals surface area contributed by atoms with E-state index < -0.39 is 0 Å². The quantitative estimate of drug-likeness (QED) is 0.902. The lowest BCUT2D eigenvalue weighted by molar-refractivity contribution is -0.0119. The molecule has 3 heteroatoms. The molecule has 0 radical (unpaired) electrons. The first-order valence-corrected chi connectivity index (χ1v) is 7.08. The van der Waals surface area contributed by atoms with Crippen molar-refractivity contribution in [2.45, 2.75) is 38.4 Å². The van der Waals surface area contributed by atoms with Gasteiger partial charge in [0.25, 0.3) is 0 Å². The second kappa shape index (κ2) is 6.04. The third-order valence-electron chi connectivity index (χ3n) is 4.05.